The van der Waals surface area contributed by atoms with Crippen molar-refractivity contribution in [1.82, 2.24) is 5.32 Å². The highest BCUT2D eigenvalue weighted by Crippen LogP contribution is 2.13. The van der Waals surface area contributed by atoms with Gasteiger partial charge < -0.3 is 20.3 Å². The maximum absolute atomic E-state index is 12.3. The highest BCUT2D eigenvalue weighted by molar-refractivity contribution is 5.76. The molecule has 0 heterocycles. The van der Waals surface area contributed by atoms with E-state index in [1.54, 1.807) is 14.0 Å². The number of hydrogen-bond acceptors (Lipinski definition) is 6. The first kappa shape index (κ1) is 20.9. The van der Waals surface area contributed by atoms with Gasteiger partial charge in [0.15, 0.2) is 0 Å². The minimum atomic E-state index is -1.08. The number of nitrogens with two attached hydrogens (primary N) is 1. The molecule has 0 radical (unpaired) electrons. The summed E-state index contributed by atoms with van der Waals surface area (Å²) >= 11 is 0. The Hall–Kier alpha value is -2.41. The van der Waals surface area contributed by atoms with E-state index in [0.717, 1.165) is 16.9 Å². The van der Waals surface area contributed by atoms with Crippen LogP contribution in [0, 0.1) is 0 Å². The number of rotatable bonds is 10. The molecule has 0 aliphatic rings. The Bertz CT molecular complexity index is 691. The zero-order valence-electron chi connectivity index (χ0n) is 15.8. The molecule has 0 amide bonds. The third-order valence-corrected chi connectivity index (χ3v) is 4.32. The van der Waals surface area contributed by atoms with E-state index in [1.165, 1.54) is 0 Å². The summed E-state index contributed by atoms with van der Waals surface area (Å²) in [6, 6.07) is 15.6. The van der Waals surface area contributed by atoms with Gasteiger partial charge in [0.25, 0.3) is 0 Å². The Morgan fingerprint density at radius 3 is 2.37 bits per heavy atom. The van der Waals surface area contributed by atoms with Crippen molar-refractivity contribution in [3.8, 4) is 5.75 Å². The summed E-state index contributed by atoms with van der Waals surface area (Å²) in [7, 11) is 1.61. The van der Waals surface area contributed by atoms with Gasteiger partial charge in [-0.05, 0) is 36.6 Å². The number of ether oxygens (including phenoxy) is 2. The molecule has 2 rings (SSSR count). The fourth-order valence-corrected chi connectivity index (χ4v) is 2.80. The number of methoxy groups -OCH3 is 1. The summed E-state index contributed by atoms with van der Waals surface area (Å²) in [6.45, 7) is 2.36. The van der Waals surface area contributed by atoms with Crippen molar-refractivity contribution in [3.63, 3.8) is 0 Å². The molecule has 0 spiro atoms. The molecule has 6 heteroatoms. The van der Waals surface area contributed by atoms with Crippen molar-refractivity contribution in [2.45, 2.75) is 38.1 Å². The first-order chi connectivity index (χ1) is 13.0. The van der Waals surface area contributed by atoms with E-state index in [-0.39, 0.29) is 6.61 Å². The fourth-order valence-electron chi connectivity index (χ4n) is 2.80. The molecule has 27 heavy (non-hydrogen) atoms. The molecule has 0 bridgehead atoms. The molecule has 0 aromatic heterocycles. The van der Waals surface area contributed by atoms with Crippen molar-refractivity contribution < 1.29 is 19.4 Å². The van der Waals surface area contributed by atoms with Gasteiger partial charge in [-0.3, -0.25) is 10.1 Å². The Kier molecular flexibility index (Phi) is 8.26. The second-order valence-corrected chi connectivity index (χ2v) is 6.30. The maximum Gasteiger partial charge on any atom is 0.325 e. The number of carbonyl (C=O) groups excluding carboxylic acids is 1. The van der Waals surface area contributed by atoms with Crippen molar-refractivity contribution in [3.05, 3.63) is 65.7 Å². The normalized spacial score (nSPS) is 14.2. The standard InChI is InChI=1S/C21H28N2O4/c1-3-27-21(25)19(23-14-16-9-11-17(26-2)12-10-16)20(24)18(22)13-15-7-5-4-6-8-15/h4-12,18-20,23-24H,3,13-14,22H2,1-2H3/t18-,19+,20+/m0/s1. The molecule has 6 nitrogen and oxygen atoms in total. The second kappa shape index (κ2) is 10.7. The molecule has 2 aromatic rings. The zero-order chi connectivity index (χ0) is 19.6. The average Bonchev–Trinajstić information content (AvgIpc) is 2.69. The lowest BCUT2D eigenvalue weighted by molar-refractivity contribution is -0.149. The van der Waals surface area contributed by atoms with Crippen LogP contribution >= 0.6 is 0 Å². The predicted molar refractivity (Wildman–Crippen MR) is 104 cm³/mol. The van der Waals surface area contributed by atoms with E-state index in [0.29, 0.717) is 13.0 Å². The van der Waals surface area contributed by atoms with Gasteiger partial charge in [0.2, 0.25) is 0 Å². The third kappa shape index (κ3) is 6.36. The second-order valence-electron chi connectivity index (χ2n) is 6.30. The van der Waals surface area contributed by atoms with Crippen LogP contribution in [0.2, 0.25) is 0 Å². The van der Waals surface area contributed by atoms with E-state index in [9.17, 15) is 9.90 Å². The van der Waals surface area contributed by atoms with Crippen LogP contribution in [-0.2, 0) is 22.5 Å². The monoisotopic (exact) mass is 372 g/mol. The number of nitrogens with one attached hydrogen (secondary N) is 1. The quantitative estimate of drug-likeness (QED) is 0.549. The van der Waals surface area contributed by atoms with Gasteiger partial charge in [-0.15, -0.1) is 0 Å². The van der Waals surface area contributed by atoms with E-state index >= 15 is 0 Å². The summed E-state index contributed by atoms with van der Waals surface area (Å²) in [5.41, 5.74) is 8.13. The molecular formula is C21H28N2O4. The molecule has 0 unspecified atom stereocenters. The van der Waals surface area contributed by atoms with Crippen molar-refractivity contribution in [2.24, 2.45) is 5.73 Å². The Morgan fingerprint density at radius 1 is 1.11 bits per heavy atom. The molecule has 0 saturated carbocycles. The van der Waals surface area contributed by atoms with Crippen LogP contribution in [0.4, 0.5) is 0 Å². The van der Waals surface area contributed by atoms with Crippen LogP contribution in [0.3, 0.4) is 0 Å². The number of hydrogen-bond donors (Lipinski definition) is 3. The predicted octanol–water partition coefficient (Wildman–Crippen LogP) is 1.65. The number of aliphatic hydroxyl groups is 1. The Balaban J connectivity index is 2.03. The van der Waals surface area contributed by atoms with Crippen molar-refractivity contribution in [2.75, 3.05) is 13.7 Å². The smallest absolute Gasteiger partial charge is 0.325 e. The summed E-state index contributed by atoms with van der Waals surface area (Å²) in [5, 5.41) is 13.8. The topological polar surface area (TPSA) is 93.8 Å². The first-order valence-electron chi connectivity index (χ1n) is 9.05. The SMILES string of the molecule is CCOC(=O)[C@H](NCc1ccc(OC)cc1)[C@H](O)[C@@H](N)Cc1ccccc1. The molecule has 0 aliphatic carbocycles. The first-order valence-corrected chi connectivity index (χ1v) is 9.05. The summed E-state index contributed by atoms with van der Waals surface area (Å²) in [5.74, 6) is 0.243. The van der Waals surface area contributed by atoms with Gasteiger partial charge in [0, 0.05) is 12.6 Å². The highest BCUT2D eigenvalue weighted by Gasteiger charge is 2.32. The van der Waals surface area contributed by atoms with Gasteiger partial charge in [0.1, 0.15) is 11.8 Å². The van der Waals surface area contributed by atoms with Crippen LogP contribution in [0.15, 0.2) is 54.6 Å². The molecule has 0 aliphatic heterocycles. The number of benzene rings is 2. The molecular weight excluding hydrogens is 344 g/mol. The van der Waals surface area contributed by atoms with E-state index in [1.807, 2.05) is 54.6 Å². The molecule has 4 N–H and O–H groups in total. The molecule has 3 atom stereocenters. The van der Waals surface area contributed by atoms with Crippen LogP contribution in [0.5, 0.6) is 5.75 Å². The Morgan fingerprint density at radius 2 is 1.78 bits per heavy atom. The van der Waals surface area contributed by atoms with Gasteiger partial charge >= 0.3 is 5.97 Å². The van der Waals surface area contributed by atoms with Crippen LogP contribution in [0.1, 0.15) is 18.1 Å². The molecule has 0 fully saturated rings. The lowest BCUT2D eigenvalue weighted by atomic mass is 9.97. The Labute approximate surface area is 160 Å². The third-order valence-electron chi connectivity index (χ3n) is 4.32. The van der Waals surface area contributed by atoms with Gasteiger partial charge in [-0.25, -0.2) is 0 Å². The maximum atomic E-state index is 12.3. The lowest BCUT2D eigenvalue weighted by Crippen LogP contribution is -2.54. The van der Waals surface area contributed by atoms with Gasteiger partial charge in [0.05, 0.1) is 19.8 Å². The summed E-state index contributed by atoms with van der Waals surface area (Å²) in [4.78, 5) is 12.3. The minimum Gasteiger partial charge on any atom is -0.497 e. The van der Waals surface area contributed by atoms with Crippen molar-refractivity contribution in [1.29, 1.82) is 0 Å². The van der Waals surface area contributed by atoms with Gasteiger partial charge in [-0.2, -0.15) is 0 Å². The van der Waals surface area contributed by atoms with Crippen LogP contribution in [-0.4, -0.2) is 43.0 Å². The lowest BCUT2D eigenvalue weighted by Gasteiger charge is -2.27. The van der Waals surface area contributed by atoms with Crippen LogP contribution < -0.4 is 15.8 Å². The van der Waals surface area contributed by atoms with Crippen molar-refractivity contribution >= 4 is 5.97 Å². The molecule has 0 saturated heterocycles. The number of carbonyl (C=O) groups is 1. The largest absolute Gasteiger partial charge is 0.497 e. The fraction of sp³-hybridized carbons (Fsp3) is 0.381. The van der Waals surface area contributed by atoms with E-state index in [4.69, 9.17) is 15.2 Å². The average molecular weight is 372 g/mol. The van der Waals surface area contributed by atoms with Gasteiger partial charge in [-0.1, -0.05) is 42.5 Å². The minimum absolute atomic E-state index is 0.236. The highest BCUT2D eigenvalue weighted by atomic mass is 16.5. The van der Waals surface area contributed by atoms with E-state index < -0.39 is 24.2 Å². The summed E-state index contributed by atoms with van der Waals surface area (Å²) < 4.78 is 10.3. The number of aliphatic hydroxyl groups excluding tert-OH is 1. The molecule has 2 aromatic carbocycles. The molecule has 146 valence electrons. The number of esters is 1. The van der Waals surface area contributed by atoms with E-state index in [2.05, 4.69) is 5.32 Å². The zero-order valence-corrected chi connectivity index (χ0v) is 15.8. The van der Waals surface area contributed by atoms with Crippen LogP contribution in [0.25, 0.3) is 0 Å². The summed E-state index contributed by atoms with van der Waals surface area (Å²) in [6.07, 6.45) is -0.621.